The molecule has 2 aromatic carbocycles. The van der Waals surface area contributed by atoms with Crippen LogP contribution in [-0.4, -0.2) is 44.0 Å². The van der Waals surface area contributed by atoms with Crippen molar-refractivity contribution in [3.05, 3.63) is 59.1 Å². The maximum absolute atomic E-state index is 12.8. The summed E-state index contributed by atoms with van der Waals surface area (Å²) in [5, 5.41) is 3.54. The number of rotatable bonds is 7. The molecule has 0 spiro atoms. The topological polar surface area (TPSA) is 66.5 Å². The van der Waals surface area contributed by atoms with E-state index in [-0.39, 0.29) is 10.8 Å². The second-order valence-corrected chi connectivity index (χ2v) is 10.1. The fourth-order valence-corrected chi connectivity index (χ4v) is 5.48. The van der Waals surface area contributed by atoms with Gasteiger partial charge in [-0.1, -0.05) is 24.1 Å². The molecule has 150 valence electrons. The number of carbonyl (C=O) groups excluding carboxylic acids is 1. The van der Waals surface area contributed by atoms with E-state index in [1.807, 2.05) is 24.3 Å². The van der Waals surface area contributed by atoms with E-state index in [0.717, 1.165) is 24.2 Å². The zero-order valence-corrected chi connectivity index (χ0v) is 17.8. The van der Waals surface area contributed by atoms with Crippen molar-refractivity contribution < 1.29 is 13.2 Å². The number of nitrogens with one attached hydrogen (secondary N) is 1. The highest BCUT2D eigenvalue weighted by Gasteiger charge is 2.26. The van der Waals surface area contributed by atoms with Gasteiger partial charge >= 0.3 is 0 Å². The van der Waals surface area contributed by atoms with Crippen molar-refractivity contribution in [1.29, 1.82) is 0 Å². The van der Waals surface area contributed by atoms with E-state index < -0.39 is 10.0 Å². The molecule has 0 saturated carbocycles. The molecule has 2 aromatic rings. The zero-order chi connectivity index (χ0) is 20.0. The Bertz CT molecular complexity index is 911. The molecule has 1 N–H and O–H groups in total. The molecule has 1 aliphatic heterocycles. The fourth-order valence-electron chi connectivity index (χ4n) is 3.02. The Morgan fingerprint density at radius 3 is 2.50 bits per heavy atom. The summed E-state index contributed by atoms with van der Waals surface area (Å²) >= 11 is 7.48. The molecule has 1 heterocycles. The van der Waals surface area contributed by atoms with Crippen LogP contribution in [0.15, 0.2) is 58.3 Å². The Kier molecular flexibility index (Phi) is 7.40. The average molecular weight is 439 g/mol. The number of nitrogens with zero attached hydrogens (tertiary/aromatic N) is 1. The third-order valence-electron chi connectivity index (χ3n) is 4.52. The van der Waals surface area contributed by atoms with Gasteiger partial charge in [0, 0.05) is 40.9 Å². The van der Waals surface area contributed by atoms with E-state index in [1.54, 1.807) is 30.0 Å². The summed E-state index contributed by atoms with van der Waals surface area (Å²) in [6.07, 6.45) is 2.82. The van der Waals surface area contributed by atoms with Crippen LogP contribution in [0.2, 0.25) is 5.02 Å². The molecule has 3 rings (SSSR count). The van der Waals surface area contributed by atoms with Gasteiger partial charge in [-0.2, -0.15) is 4.31 Å². The number of halogens is 1. The number of sulfonamides is 1. The van der Waals surface area contributed by atoms with Gasteiger partial charge in [-0.15, -0.1) is 11.8 Å². The Labute approximate surface area is 175 Å². The summed E-state index contributed by atoms with van der Waals surface area (Å²) in [6, 6.07) is 13.8. The van der Waals surface area contributed by atoms with Crippen LogP contribution < -0.4 is 5.32 Å². The molecule has 1 saturated heterocycles. The second kappa shape index (κ2) is 9.78. The minimum atomic E-state index is -3.54. The molecule has 0 atom stereocenters. The molecule has 1 aliphatic rings. The minimum Gasteiger partial charge on any atom is -0.351 e. The number of amides is 1. The summed E-state index contributed by atoms with van der Waals surface area (Å²) < 4.78 is 27.1. The average Bonchev–Trinajstić information content (AvgIpc) is 2.73. The van der Waals surface area contributed by atoms with E-state index >= 15 is 0 Å². The number of hydrogen-bond donors (Lipinski definition) is 1. The summed E-state index contributed by atoms with van der Waals surface area (Å²) in [6.45, 7) is 1.57. The summed E-state index contributed by atoms with van der Waals surface area (Å²) in [5.41, 5.74) is 0.356. The van der Waals surface area contributed by atoms with Gasteiger partial charge in [-0.25, -0.2) is 8.42 Å². The Hall–Kier alpha value is -1.54. The lowest BCUT2D eigenvalue weighted by Gasteiger charge is -2.26. The first-order valence-electron chi connectivity index (χ1n) is 9.23. The second-order valence-electron chi connectivity index (χ2n) is 6.55. The molecule has 0 radical (unpaired) electrons. The van der Waals surface area contributed by atoms with Crippen molar-refractivity contribution in [1.82, 2.24) is 9.62 Å². The van der Waals surface area contributed by atoms with E-state index in [0.29, 0.717) is 36.0 Å². The van der Waals surface area contributed by atoms with Crippen LogP contribution in [0.25, 0.3) is 0 Å². The van der Waals surface area contributed by atoms with Gasteiger partial charge in [0.2, 0.25) is 10.0 Å². The van der Waals surface area contributed by atoms with E-state index in [2.05, 4.69) is 5.32 Å². The number of hydrogen-bond acceptors (Lipinski definition) is 4. The first kappa shape index (κ1) is 21.2. The summed E-state index contributed by atoms with van der Waals surface area (Å²) in [4.78, 5) is 13.7. The molecule has 0 aromatic heterocycles. The third-order valence-corrected chi connectivity index (χ3v) is 7.68. The number of thioether (sulfide) groups is 1. The fraction of sp³-hybridized carbons (Fsp3) is 0.350. The van der Waals surface area contributed by atoms with Gasteiger partial charge in [0.05, 0.1) is 4.90 Å². The molecule has 0 unspecified atom stereocenters. The van der Waals surface area contributed by atoms with Crippen LogP contribution in [-0.2, 0) is 10.0 Å². The van der Waals surface area contributed by atoms with Crippen LogP contribution in [0.5, 0.6) is 0 Å². The zero-order valence-electron chi connectivity index (χ0n) is 15.4. The molecule has 0 aliphatic carbocycles. The van der Waals surface area contributed by atoms with Crippen molar-refractivity contribution in [2.24, 2.45) is 0 Å². The normalized spacial score (nSPS) is 15.3. The lowest BCUT2D eigenvalue weighted by molar-refractivity contribution is 0.0956. The number of benzene rings is 2. The Balaban J connectivity index is 1.56. The monoisotopic (exact) mass is 438 g/mol. The van der Waals surface area contributed by atoms with Crippen molar-refractivity contribution in [3.63, 3.8) is 0 Å². The highest BCUT2D eigenvalue weighted by atomic mass is 35.5. The van der Waals surface area contributed by atoms with Gasteiger partial charge in [0.25, 0.3) is 5.91 Å². The van der Waals surface area contributed by atoms with Crippen molar-refractivity contribution in [2.45, 2.75) is 29.1 Å². The number of carbonyl (C=O) groups is 1. The minimum absolute atomic E-state index is 0.178. The molecule has 1 amide bonds. The molecular weight excluding hydrogens is 416 g/mol. The summed E-state index contributed by atoms with van der Waals surface area (Å²) in [5.74, 6) is 0.437. The molecule has 5 nitrogen and oxygen atoms in total. The predicted octanol–water partition coefficient (Wildman–Crippen LogP) is 4.04. The lowest BCUT2D eigenvalue weighted by Crippen LogP contribution is -2.35. The van der Waals surface area contributed by atoms with Gasteiger partial charge in [0.15, 0.2) is 0 Å². The summed E-state index contributed by atoms with van der Waals surface area (Å²) in [7, 11) is -3.54. The molecule has 28 heavy (non-hydrogen) atoms. The van der Waals surface area contributed by atoms with Crippen molar-refractivity contribution in [2.75, 3.05) is 25.4 Å². The molecule has 8 heteroatoms. The van der Waals surface area contributed by atoms with Crippen LogP contribution >= 0.6 is 23.4 Å². The smallest absolute Gasteiger partial charge is 0.251 e. The highest BCUT2D eigenvalue weighted by molar-refractivity contribution is 7.99. The maximum atomic E-state index is 12.8. The SMILES string of the molecule is O=C(NCCSc1ccc(Cl)cc1)c1cccc(S(=O)(=O)N2CCCCC2)c1. The van der Waals surface area contributed by atoms with Gasteiger partial charge < -0.3 is 5.32 Å². The van der Waals surface area contributed by atoms with Crippen LogP contribution in [0.1, 0.15) is 29.6 Å². The van der Waals surface area contributed by atoms with Crippen LogP contribution in [0.3, 0.4) is 0 Å². The maximum Gasteiger partial charge on any atom is 0.251 e. The standard InChI is InChI=1S/C20H23ClN2O3S2/c21-17-7-9-18(10-8-17)27-14-11-22-20(24)16-5-4-6-19(15-16)28(25,26)23-12-2-1-3-13-23/h4-10,15H,1-3,11-14H2,(H,22,24). The third kappa shape index (κ3) is 5.50. The first-order chi connectivity index (χ1) is 13.5. The first-order valence-corrected chi connectivity index (χ1v) is 12.0. The van der Waals surface area contributed by atoms with E-state index in [4.69, 9.17) is 11.6 Å². The van der Waals surface area contributed by atoms with Gasteiger partial charge in [0.1, 0.15) is 0 Å². The van der Waals surface area contributed by atoms with E-state index in [9.17, 15) is 13.2 Å². The lowest BCUT2D eigenvalue weighted by atomic mass is 10.2. The molecule has 1 fully saturated rings. The number of piperidine rings is 1. The largest absolute Gasteiger partial charge is 0.351 e. The quantitative estimate of drug-likeness (QED) is 0.523. The van der Waals surface area contributed by atoms with Crippen molar-refractivity contribution >= 4 is 39.3 Å². The van der Waals surface area contributed by atoms with Crippen LogP contribution in [0, 0.1) is 0 Å². The molecule has 0 bridgehead atoms. The Morgan fingerprint density at radius 2 is 1.79 bits per heavy atom. The van der Waals surface area contributed by atoms with E-state index in [1.165, 1.54) is 10.4 Å². The molecular formula is C20H23ClN2O3S2. The van der Waals surface area contributed by atoms with Gasteiger partial charge in [-0.3, -0.25) is 4.79 Å². The predicted molar refractivity (Wildman–Crippen MR) is 114 cm³/mol. The van der Waals surface area contributed by atoms with Crippen molar-refractivity contribution in [3.8, 4) is 0 Å². The van der Waals surface area contributed by atoms with Gasteiger partial charge in [-0.05, 0) is 55.3 Å². The Morgan fingerprint density at radius 1 is 1.07 bits per heavy atom. The highest BCUT2D eigenvalue weighted by Crippen LogP contribution is 2.22. The van der Waals surface area contributed by atoms with Crippen LogP contribution in [0.4, 0.5) is 0 Å².